The number of nitrogens with one attached hydrogen (secondary N) is 1. The number of aromatic nitrogens is 1. The van der Waals surface area contributed by atoms with Gasteiger partial charge in [-0.05, 0) is 43.5 Å². The molecular formula is C16H21N3OS. The summed E-state index contributed by atoms with van der Waals surface area (Å²) < 4.78 is 0. The van der Waals surface area contributed by atoms with E-state index in [4.69, 9.17) is 5.73 Å². The summed E-state index contributed by atoms with van der Waals surface area (Å²) in [6, 6.07) is 5.54. The van der Waals surface area contributed by atoms with Crippen LogP contribution >= 0.6 is 11.3 Å². The summed E-state index contributed by atoms with van der Waals surface area (Å²) in [4.78, 5) is 18.9. The molecule has 4 nitrogen and oxygen atoms in total. The fourth-order valence-electron chi connectivity index (χ4n) is 2.01. The maximum absolute atomic E-state index is 12.2. The molecule has 0 aliphatic heterocycles. The zero-order valence-electron chi connectivity index (χ0n) is 12.9. The van der Waals surface area contributed by atoms with Crippen LogP contribution in [0.1, 0.15) is 51.1 Å². The highest BCUT2D eigenvalue weighted by molar-refractivity contribution is 7.12. The molecule has 0 radical (unpaired) electrons. The van der Waals surface area contributed by atoms with Gasteiger partial charge in [0.2, 0.25) is 0 Å². The van der Waals surface area contributed by atoms with Gasteiger partial charge in [0.25, 0.3) is 5.91 Å². The Bertz CT molecular complexity index is 642. The normalized spacial score (nSPS) is 10.9. The summed E-state index contributed by atoms with van der Waals surface area (Å²) in [5.41, 5.74) is 8.44. The highest BCUT2D eigenvalue weighted by atomic mass is 32.1. The second-order valence-electron chi connectivity index (χ2n) is 5.49. The van der Waals surface area contributed by atoms with E-state index in [9.17, 15) is 4.79 Å². The number of thiophene rings is 1. The van der Waals surface area contributed by atoms with E-state index in [-0.39, 0.29) is 11.8 Å². The molecule has 3 N–H and O–H groups in total. The molecule has 2 aromatic rings. The van der Waals surface area contributed by atoms with Crippen molar-refractivity contribution < 1.29 is 4.79 Å². The molecule has 0 aromatic carbocycles. The third-order valence-corrected chi connectivity index (χ3v) is 4.51. The maximum atomic E-state index is 12.2. The van der Waals surface area contributed by atoms with Crippen molar-refractivity contribution in [2.45, 2.75) is 40.2 Å². The zero-order valence-corrected chi connectivity index (χ0v) is 13.7. The van der Waals surface area contributed by atoms with Crippen molar-refractivity contribution in [2.24, 2.45) is 0 Å². The van der Waals surface area contributed by atoms with Crippen molar-refractivity contribution in [1.82, 2.24) is 10.3 Å². The first-order valence-electron chi connectivity index (χ1n) is 6.98. The van der Waals surface area contributed by atoms with Crippen LogP contribution in [-0.2, 0) is 6.54 Å². The number of carbonyl (C=O) groups excluding carboxylic acids is 1. The Morgan fingerprint density at radius 1 is 1.33 bits per heavy atom. The van der Waals surface area contributed by atoms with E-state index in [1.165, 1.54) is 10.4 Å². The van der Waals surface area contributed by atoms with Crippen LogP contribution in [0.2, 0.25) is 0 Å². The number of carbonyl (C=O) groups is 1. The molecule has 2 heterocycles. The van der Waals surface area contributed by atoms with E-state index in [0.29, 0.717) is 17.9 Å². The molecule has 0 spiro atoms. The summed E-state index contributed by atoms with van der Waals surface area (Å²) >= 11 is 1.71. The molecule has 0 saturated heterocycles. The van der Waals surface area contributed by atoms with E-state index >= 15 is 0 Å². The van der Waals surface area contributed by atoms with Gasteiger partial charge in [-0.2, -0.15) is 0 Å². The predicted molar refractivity (Wildman–Crippen MR) is 87.7 cm³/mol. The van der Waals surface area contributed by atoms with E-state index in [1.807, 2.05) is 13.8 Å². The van der Waals surface area contributed by atoms with Crippen LogP contribution < -0.4 is 11.1 Å². The van der Waals surface area contributed by atoms with Gasteiger partial charge in [0.05, 0.1) is 6.54 Å². The lowest BCUT2D eigenvalue weighted by molar-refractivity contribution is 0.0951. The van der Waals surface area contributed by atoms with Gasteiger partial charge in [0, 0.05) is 21.0 Å². The van der Waals surface area contributed by atoms with E-state index in [1.54, 1.807) is 23.5 Å². The van der Waals surface area contributed by atoms with Crippen molar-refractivity contribution in [3.8, 4) is 0 Å². The van der Waals surface area contributed by atoms with Gasteiger partial charge < -0.3 is 11.1 Å². The van der Waals surface area contributed by atoms with Crippen LogP contribution in [0, 0.1) is 13.8 Å². The molecule has 0 atom stereocenters. The monoisotopic (exact) mass is 303 g/mol. The van der Waals surface area contributed by atoms with Gasteiger partial charge in [-0.15, -0.1) is 11.3 Å². The molecule has 0 bridgehead atoms. The molecule has 0 aliphatic carbocycles. The van der Waals surface area contributed by atoms with Crippen LogP contribution in [-0.4, -0.2) is 10.9 Å². The van der Waals surface area contributed by atoms with Gasteiger partial charge >= 0.3 is 0 Å². The molecule has 2 rings (SSSR count). The number of anilines is 1. The van der Waals surface area contributed by atoms with Crippen LogP contribution in [0.3, 0.4) is 0 Å². The van der Waals surface area contributed by atoms with Crippen LogP contribution in [0.15, 0.2) is 18.2 Å². The van der Waals surface area contributed by atoms with Crippen molar-refractivity contribution in [3.05, 3.63) is 44.8 Å². The van der Waals surface area contributed by atoms with Gasteiger partial charge in [-0.25, -0.2) is 4.98 Å². The average molecular weight is 303 g/mol. The summed E-state index contributed by atoms with van der Waals surface area (Å²) in [6.07, 6.45) is 0. The molecule has 0 unspecified atom stereocenters. The Morgan fingerprint density at radius 3 is 2.62 bits per heavy atom. The maximum Gasteiger partial charge on any atom is 0.251 e. The third kappa shape index (κ3) is 3.82. The second kappa shape index (κ2) is 6.26. The molecule has 0 aliphatic rings. The Morgan fingerprint density at radius 2 is 2.05 bits per heavy atom. The Kier molecular flexibility index (Phi) is 4.63. The minimum Gasteiger partial charge on any atom is -0.384 e. The first kappa shape index (κ1) is 15.5. The van der Waals surface area contributed by atoms with Gasteiger partial charge in [0.15, 0.2) is 0 Å². The SMILES string of the molecule is Cc1cc(CNC(=O)c2cc(N)nc(C(C)C)c2)sc1C. The fourth-order valence-corrected chi connectivity index (χ4v) is 3.00. The van der Waals surface area contributed by atoms with Gasteiger partial charge in [0.1, 0.15) is 5.82 Å². The highest BCUT2D eigenvalue weighted by Gasteiger charge is 2.11. The summed E-state index contributed by atoms with van der Waals surface area (Å²) in [6.45, 7) is 8.76. The lowest BCUT2D eigenvalue weighted by atomic mass is 10.1. The van der Waals surface area contributed by atoms with Crippen molar-refractivity contribution in [3.63, 3.8) is 0 Å². The lowest BCUT2D eigenvalue weighted by Crippen LogP contribution is -2.23. The minimum absolute atomic E-state index is 0.116. The molecule has 5 heteroatoms. The topological polar surface area (TPSA) is 68.0 Å². The predicted octanol–water partition coefficient (Wildman–Crippen LogP) is 3.40. The Hall–Kier alpha value is -1.88. The number of hydrogen-bond donors (Lipinski definition) is 2. The van der Waals surface area contributed by atoms with Crippen molar-refractivity contribution in [1.29, 1.82) is 0 Å². The smallest absolute Gasteiger partial charge is 0.251 e. The number of nitrogen functional groups attached to an aromatic ring is 1. The number of nitrogens with two attached hydrogens (primary N) is 1. The lowest BCUT2D eigenvalue weighted by Gasteiger charge is -2.09. The summed E-state index contributed by atoms with van der Waals surface area (Å²) in [5, 5.41) is 2.94. The molecule has 2 aromatic heterocycles. The van der Waals surface area contributed by atoms with Crippen molar-refractivity contribution >= 4 is 23.1 Å². The first-order valence-corrected chi connectivity index (χ1v) is 7.80. The molecule has 112 valence electrons. The number of rotatable bonds is 4. The van der Waals surface area contributed by atoms with Gasteiger partial charge in [-0.3, -0.25) is 4.79 Å². The molecule has 1 amide bonds. The minimum atomic E-state index is -0.116. The number of nitrogens with zero attached hydrogens (tertiary/aromatic N) is 1. The second-order valence-corrected chi connectivity index (χ2v) is 6.84. The first-order chi connectivity index (χ1) is 9.86. The summed E-state index contributed by atoms with van der Waals surface area (Å²) in [5.74, 6) is 0.506. The Balaban J connectivity index is 2.09. The number of amides is 1. The largest absolute Gasteiger partial charge is 0.384 e. The molecule has 0 saturated carbocycles. The zero-order chi connectivity index (χ0) is 15.6. The standard InChI is InChI=1S/C16H21N3OS/c1-9(2)14-6-12(7-15(17)19-14)16(20)18-8-13-5-10(3)11(4)21-13/h5-7,9H,8H2,1-4H3,(H2,17,19)(H,18,20). The number of pyridine rings is 1. The molecular weight excluding hydrogens is 282 g/mol. The van der Waals surface area contributed by atoms with E-state index < -0.39 is 0 Å². The molecule has 0 fully saturated rings. The Labute approximate surface area is 129 Å². The number of hydrogen-bond acceptors (Lipinski definition) is 4. The third-order valence-electron chi connectivity index (χ3n) is 3.36. The number of aryl methyl sites for hydroxylation is 2. The quantitative estimate of drug-likeness (QED) is 0.909. The summed E-state index contributed by atoms with van der Waals surface area (Å²) in [7, 11) is 0. The van der Waals surface area contributed by atoms with Gasteiger partial charge in [-0.1, -0.05) is 13.8 Å². The van der Waals surface area contributed by atoms with Crippen LogP contribution in [0.4, 0.5) is 5.82 Å². The van der Waals surface area contributed by atoms with E-state index in [2.05, 4.69) is 30.2 Å². The fraction of sp³-hybridized carbons (Fsp3) is 0.375. The van der Waals surface area contributed by atoms with E-state index in [0.717, 1.165) is 10.6 Å². The highest BCUT2D eigenvalue weighted by Crippen LogP contribution is 2.20. The average Bonchev–Trinajstić information content (AvgIpc) is 2.74. The van der Waals surface area contributed by atoms with Crippen LogP contribution in [0.5, 0.6) is 0 Å². The van der Waals surface area contributed by atoms with Crippen molar-refractivity contribution in [2.75, 3.05) is 5.73 Å². The molecule has 21 heavy (non-hydrogen) atoms. The van der Waals surface area contributed by atoms with Crippen LogP contribution in [0.25, 0.3) is 0 Å².